The molecule has 0 unspecified atom stereocenters. The van der Waals surface area contributed by atoms with Crippen molar-refractivity contribution in [3.63, 3.8) is 0 Å². The topological polar surface area (TPSA) is 119 Å². The lowest BCUT2D eigenvalue weighted by Crippen LogP contribution is -2.40. The number of aromatic hydroxyl groups is 1. The van der Waals surface area contributed by atoms with Gasteiger partial charge in [0.05, 0.1) is 27.0 Å². The van der Waals surface area contributed by atoms with Gasteiger partial charge in [-0.25, -0.2) is 17.9 Å². The molecule has 0 atom stereocenters. The van der Waals surface area contributed by atoms with E-state index >= 15 is 0 Å². The van der Waals surface area contributed by atoms with Crippen molar-refractivity contribution in [2.45, 2.75) is 53.4 Å². The molecule has 0 aliphatic rings. The molecule has 3 aromatic rings. The molecule has 3 amide bonds. The van der Waals surface area contributed by atoms with E-state index in [0.29, 0.717) is 11.3 Å². The smallest absolute Gasteiger partial charge is 0.340 e. The average Bonchev–Trinajstić information content (AvgIpc) is 2.91. The van der Waals surface area contributed by atoms with E-state index in [1.807, 2.05) is 32.9 Å². The molecule has 0 spiro atoms. The van der Waals surface area contributed by atoms with Crippen LogP contribution in [0.3, 0.4) is 0 Å². The summed E-state index contributed by atoms with van der Waals surface area (Å²) >= 11 is 6.49. The van der Waals surface area contributed by atoms with Gasteiger partial charge >= 0.3 is 6.03 Å². The first kappa shape index (κ1) is 31.8. The van der Waals surface area contributed by atoms with Gasteiger partial charge < -0.3 is 15.3 Å². The molecule has 0 aliphatic heterocycles. The molecule has 0 heterocycles. The molecule has 220 valence electrons. The second-order valence-corrected chi connectivity index (χ2v) is 12.7. The van der Waals surface area contributed by atoms with Crippen LogP contribution in [-0.2, 0) is 14.8 Å². The summed E-state index contributed by atoms with van der Waals surface area (Å²) in [6, 6.07) is 13.6. The predicted molar refractivity (Wildman–Crippen MR) is 165 cm³/mol. The van der Waals surface area contributed by atoms with Gasteiger partial charge in [-0.3, -0.25) is 9.69 Å². The zero-order valence-corrected chi connectivity index (χ0v) is 25.9. The number of urea groups is 1. The van der Waals surface area contributed by atoms with Crippen molar-refractivity contribution in [1.29, 1.82) is 0 Å². The highest BCUT2D eigenvalue weighted by molar-refractivity contribution is 7.90. The number of hydrogen-bond donors (Lipinski definition) is 3. The summed E-state index contributed by atoms with van der Waals surface area (Å²) in [5.74, 6) is -0.754. The van der Waals surface area contributed by atoms with Crippen molar-refractivity contribution in [3.8, 4) is 5.75 Å². The number of nitrogens with one attached hydrogen (secondary N) is 2. The number of carbonyl (C=O) groups excluding carboxylic acids is 2. The monoisotopic (exact) mass is 600 g/mol. The minimum Gasteiger partial charge on any atom is -0.504 e. The van der Waals surface area contributed by atoms with Crippen molar-refractivity contribution in [1.82, 2.24) is 4.72 Å². The van der Waals surface area contributed by atoms with Gasteiger partial charge in [-0.2, -0.15) is 0 Å². The largest absolute Gasteiger partial charge is 0.504 e. The van der Waals surface area contributed by atoms with Crippen LogP contribution < -0.4 is 19.8 Å². The molecule has 0 saturated heterocycles. The second-order valence-electron chi connectivity index (χ2n) is 10.7. The highest BCUT2D eigenvalue weighted by Gasteiger charge is 2.29. The van der Waals surface area contributed by atoms with Crippen LogP contribution >= 0.6 is 11.6 Å². The lowest BCUT2D eigenvalue weighted by molar-refractivity contribution is -0.123. The van der Waals surface area contributed by atoms with Crippen LogP contribution in [0.4, 0.5) is 27.5 Å². The molecule has 0 radical (unpaired) electrons. The number of phenolic OH excluding ortho intramolecular Hbond substituents is 1. The van der Waals surface area contributed by atoms with E-state index in [2.05, 4.69) is 14.9 Å². The molecule has 9 nitrogen and oxygen atoms in total. The molecule has 0 bridgehead atoms. The third kappa shape index (κ3) is 7.12. The van der Waals surface area contributed by atoms with Crippen molar-refractivity contribution in [2.24, 2.45) is 5.41 Å². The molecular formula is C30H37ClN4O5S. The maximum absolute atomic E-state index is 13.8. The summed E-state index contributed by atoms with van der Waals surface area (Å²) in [4.78, 5) is 29.8. The van der Waals surface area contributed by atoms with Crippen LogP contribution in [0.2, 0.25) is 5.02 Å². The zero-order chi connectivity index (χ0) is 30.7. The minimum atomic E-state index is -4.25. The lowest BCUT2D eigenvalue weighted by Gasteiger charge is -2.28. The second kappa shape index (κ2) is 12.4. The molecular weight excluding hydrogens is 564 g/mol. The Balaban J connectivity index is 2.17. The first-order valence-electron chi connectivity index (χ1n) is 13.2. The molecule has 3 N–H and O–H groups in total. The summed E-state index contributed by atoms with van der Waals surface area (Å²) in [5, 5.41) is 13.3. The Labute approximate surface area is 247 Å². The summed E-state index contributed by atoms with van der Waals surface area (Å²) < 4.78 is 28.5. The van der Waals surface area contributed by atoms with E-state index in [1.54, 1.807) is 52.0 Å². The van der Waals surface area contributed by atoms with Crippen molar-refractivity contribution >= 4 is 56.3 Å². The van der Waals surface area contributed by atoms with Gasteiger partial charge in [0.15, 0.2) is 5.75 Å². The highest BCUT2D eigenvalue weighted by Crippen LogP contribution is 2.43. The molecule has 41 heavy (non-hydrogen) atoms. The van der Waals surface area contributed by atoms with Gasteiger partial charge in [0.25, 0.3) is 10.0 Å². The number of aryl methyl sites for hydroxylation is 1. The molecule has 3 rings (SSSR count). The minimum absolute atomic E-state index is 0.0190. The summed E-state index contributed by atoms with van der Waals surface area (Å²) in [6.45, 7) is 14.2. The van der Waals surface area contributed by atoms with Gasteiger partial charge in [0.1, 0.15) is 0 Å². The fourth-order valence-corrected chi connectivity index (χ4v) is 5.19. The molecule has 0 aromatic heterocycles. The first-order valence-corrected chi connectivity index (χ1v) is 15.1. The number of carbonyl (C=O) groups is 2. The summed E-state index contributed by atoms with van der Waals surface area (Å²) in [5.41, 5.74) is 1.79. The van der Waals surface area contributed by atoms with Gasteiger partial charge in [-0.05, 0) is 75.7 Å². The summed E-state index contributed by atoms with van der Waals surface area (Å²) in [7, 11) is -4.25. The Morgan fingerprint density at radius 2 is 1.46 bits per heavy atom. The number of phenols is 1. The number of sulfonamides is 1. The van der Waals surface area contributed by atoms with Crippen molar-refractivity contribution in [3.05, 3.63) is 70.7 Å². The van der Waals surface area contributed by atoms with Gasteiger partial charge in [0, 0.05) is 24.2 Å². The first-order chi connectivity index (χ1) is 19.1. The standard InChI is InChI=1S/C30H37ClN4O5S/c1-8-34(9-2)21-12-14-22(15-13-21)35(29(38)33-41(39,40)23-16-10-19(3)11-17-23)25-18-24(27(36)26(31)20(25)4)32-28(37)30(5,6)7/h10-18,36H,8-9H2,1-7H3,(H,32,37)(H,33,38). The van der Waals surface area contributed by atoms with Crippen LogP contribution in [-0.4, -0.2) is 38.6 Å². The molecule has 0 saturated carbocycles. The maximum Gasteiger partial charge on any atom is 0.340 e. The normalized spacial score (nSPS) is 11.6. The van der Waals surface area contributed by atoms with Crippen LogP contribution in [0.25, 0.3) is 0 Å². The molecule has 11 heteroatoms. The third-order valence-corrected chi connectivity index (χ3v) is 8.42. The Hall–Kier alpha value is -3.76. The van der Waals surface area contributed by atoms with Crippen LogP contribution in [0.15, 0.2) is 59.5 Å². The van der Waals surface area contributed by atoms with E-state index in [9.17, 15) is 23.1 Å². The van der Waals surface area contributed by atoms with Crippen molar-refractivity contribution < 1.29 is 23.1 Å². The summed E-state index contributed by atoms with van der Waals surface area (Å²) in [6.07, 6.45) is 0. The zero-order valence-electron chi connectivity index (χ0n) is 24.4. The van der Waals surface area contributed by atoms with E-state index in [-0.39, 0.29) is 32.9 Å². The number of benzene rings is 3. The predicted octanol–water partition coefficient (Wildman–Crippen LogP) is 6.73. The van der Waals surface area contributed by atoms with Gasteiger partial charge in [-0.1, -0.05) is 50.1 Å². The van der Waals surface area contributed by atoms with Crippen LogP contribution in [0.5, 0.6) is 5.75 Å². The number of rotatable bonds is 8. The van der Waals surface area contributed by atoms with Crippen molar-refractivity contribution in [2.75, 3.05) is 28.2 Å². The number of halogens is 1. The Morgan fingerprint density at radius 3 is 1.98 bits per heavy atom. The fraction of sp³-hybridized carbons (Fsp3) is 0.333. The van der Waals surface area contributed by atoms with Gasteiger partial charge in [0.2, 0.25) is 5.91 Å². The van der Waals surface area contributed by atoms with E-state index in [1.165, 1.54) is 18.2 Å². The highest BCUT2D eigenvalue weighted by atomic mass is 35.5. The lowest BCUT2D eigenvalue weighted by atomic mass is 9.95. The quantitative estimate of drug-likeness (QED) is 0.247. The van der Waals surface area contributed by atoms with E-state index < -0.39 is 21.5 Å². The molecule has 0 aliphatic carbocycles. The number of hydrogen-bond acceptors (Lipinski definition) is 6. The van der Waals surface area contributed by atoms with E-state index in [4.69, 9.17) is 11.6 Å². The SMILES string of the molecule is CCN(CC)c1ccc(N(C(=O)NS(=O)(=O)c2ccc(C)cc2)c2cc(NC(=O)C(C)(C)C)c(O)c(Cl)c2C)cc1. The number of nitrogens with zero attached hydrogens (tertiary/aromatic N) is 2. The van der Waals surface area contributed by atoms with Crippen LogP contribution in [0, 0.1) is 19.3 Å². The Kier molecular flexibility index (Phi) is 9.61. The average molecular weight is 601 g/mol. The molecule has 0 fully saturated rings. The maximum atomic E-state index is 13.8. The molecule has 3 aromatic carbocycles. The van der Waals surface area contributed by atoms with Gasteiger partial charge in [-0.15, -0.1) is 0 Å². The number of anilines is 4. The van der Waals surface area contributed by atoms with E-state index in [0.717, 1.165) is 29.2 Å². The van der Waals surface area contributed by atoms with Crippen LogP contribution in [0.1, 0.15) is 45.7 Å². The number of amides is 3. The Morgan fingerprint density at radius 1 is 0.927 bits per heavy atom. The Bertz CT molecular complexity index is 1530. The third-order valence-electron chi connectivity index (χ3n) is 6.62. The fourth-order valence-electron chi connectivity index (χ4n) is 4.06.